The summed E-state index contributed by atoms with van der Waals surface area (Å²) in [5, 5.41) is 3.37. The van der Waals surface area contributed by atoms with E-state index in [0.29, 0.717) is 51.4 Å². The summed E-state index contributed by atoms with van der Waals surface area (Å²) in [5.41, 5.74) is 18.1. The van der Waals surface area contributed by atoms with Crippen molar-refractivity contribution in [3.8, 4) is 11.5 Å². The van der Waals surface area contributed by atoms with E-state index in [2.05, 4.69) is 15.3 Å². The van der Waals surface area contributed by atoms with Crippen molar-refractivity contribution in [2.45, 2.75) is 103 Å². The molecule has 0 spiro atoms. The molecule has 4 atom stereocenters. The molecule has 0 saturated carbocycles. The van der Waals surface area contributed by atoms with Gasteiger partial charge in [0.1, 0.15) is 51.3 Å². The first kappa shape index (κ1) is 36.2. The van der Waals surface area contributed by atoms with Crippen molar-refractivity contribution < 1.29 is 28.5 Å². The molecular formula is C38H48N6O6. The van der Waals surface area contributed by atoms with Crippen LogP contribution >= 0.6 is 0 Å². The fourth-order valence-electron chi connectivity index (χ4n) is 5.57. The first-order valence-electron chi connectivity index (χ1n) is 16.6. The summed E-state index contributed by atoms with van der Waals surface area (Å²) < 4.78 is 23.5. The number of ether oxygens (including phenoxy) is 4. The summed E-state index contributed by atoms with van der Waals surface area (Å²) >= 11 is 0. The normalized spacial score (nSPS) is 19.5. The molecule has 0 bridgehead atoms. The first-order valence-corrected chi connectivity index (χ1v) is 16.6. The van der Waals surface area contributed by atoms with Crippen LogP contribution < -0.4 is 32.0 Å². The molecule has 3 aromatic carbocycles. The number of aliphatic imine (C=N–C) groups is 2. The molecule has 266 valence electrons. The number of esters is 2. The molecule has 0 fully saturated rings. The number of carbonyl (C=O) groups excluding carboxylic acids is 2. The van der Waals surface area contributed by atoms with Gasteiger partial charge in [0, 0.05) is 12.1 Å². The SMILES string of the molecule is CC1Oc2ccc(NC(C)(C(=O)OC(C)(C)C)c3ccc(CC(N)(C(=O)OC(C)(C)C)c4ccc5c(c4)N=C(N)C(C)O5)cc3)cc2N=C1N. The first-order chi connectivity index (χ1) is 23.2. The third-order valence-corrected chi connectivity index (χ3v) is 8.35. The van der Waals surface area contributed by atoms with E-state index >= 15 is 0 Å². The number of nitrogens with zero attached hydrogens (tertiary/aromatic N) is 2. The smallest absolute Gasteiger partial charge is 0.336 e. The van der Waals surface area contributed by atoms with Gasteiger partial charge in [-0.15, -0.1) is 0 Å². The van der Waals surface area contributed by atoms with Gasteiger partial charge < -0.3 is 41.5 Å². The van der Waals surface area contributed by atoms with Crippen molar-refractivity contribution in [2.24, 2.45) is 27.2 Å². The third-order valence-electron chi connectivity index (χ3n) is 8.35. The lowest BCUT2D eigenvalue weighted by Crippen LogP contribution is -2.50. The van der Waals surface area contributed by atoms with Crippen LogP contribution in [-0.2, 0) is 36.6 Å². The van der Waals surface area contributed by atoms with Gasteiger partial charge in [0.2, 0.25) is 0 Å². The van der Waals surface area contributed by atoms with E-state index in [1.54, 1.807) is 58.0 Å². The molecule has 12 nitrogen and oxygen atoms in total. The van der Waals surface area contributed by atoms with Gasteiger partial charge in [-0.3, -0.25) is 0 Å². The number of hydrogen-bond donors (Lipinski definition) is 4. The highest BCUT2D eigenvalue weighted by Gasteiger charge is 2.42. The Morgan fingerprint density at radius 3 is 1.74 bits per heavy atom. The van der Waals surface area contributed by atoms with Crippen molar-refractivity contribution in [3.05, 3.63) is 77.4 Å². The average Bonchev–Trinajstić information content (AvgIpc) is 3.00. The molecular weight excluding hydrogens is 636 g/mol. The number of amidine groups is 2. The van der Waals surface area contributed by atoms with Crippen LogP contribution in [0.4, 0.5) is 17.1 Å². The highest BCUT2D eigenvalue weighted by molar-refractivity contribution is 5.92. The fourth-order valence-corrected chi connectivity index (χ4v) is 5.57. The molecule has 2 aliphatic heterocycles. The van der Waals surface area contributed by atoms with Crippen LogP contribution in [0.25, 0.3) is 0 Å². The van der Waals surface area contributed by atoms with Gasteiger partial charge >= 0.3 is 11.9 Å². The van der Waals surface area contributed by atoms with E-state index in [-0.39, 0.29) is 18.6 Å². The van der Waals surface area contributed by atoms with Crippen molar-refractivity contribution in [3.63, 3.8) is 0 Å². The standard InChI is InChI=1S/C38H48N6O6/c1-21-31(39)42-27-18-25(14-16-29(27)47-21)38(41,34(46)50-36(6,7)8)20-23-10-12-24(13-11-23)37(9,33(45)49-35(3,4)5)44-26-15-17-30-28(19-26)43-32(40)22(2)48-30/h10-19,21-22,44H,20,41H2,1-9H3,(H2,39,42)(H2,40,43). The van der Waals surface area contributed by atoms with Crippen LogP contribution in [0.2, 0.25) is 0 Å². The second-order valence-corrected chi connectivity index (χ2v) is 15.1. The minimum absolute atomic E-state index is 0.0800. The zero-order chi connectivity index (χ0) is 36.8. The largest absolute Gasteiger partial charge is 0.481 e. The number of nitrogens with one attached hydrogen (secondary N) is 1. The minimum Gasteiger partial charge on any atom is -0.481 e. The molecule has 50 heavy (non-hydrogen) atoms. The van der Waals surface area contributed by atoms with Crippen LogP contribution in [-0.4, -0.2) is 47.0 Å². The number of fused-ring (bicyclic) bond motifs is 2. The Balaban J connectivity index is 1.50. The summed E-state index contributed by atoms with van der Waals surface area (Å²) in [6.45, 7) is 16.2. The molecule has 2 aliphatic rings. The third kappa shape index (κ3) is 7.70. The summed E-state index contributed by atoms with van der Waals surface area (Å²) in [5.74, 6) is 0.712. The lowest BCUT2D eigenvalue weighted by molar-refractivity contribution is -0.162. The summed E-state index contributed by atoms with van der Waals surface area (Å²) in [6, 6.07) is 17.8. The van der Waals surface area contributed by atoms with Crippen LogP contribution in [0.3, 0.4) is 0 Å². The van der Waals surface area contributed by atoms with Gasteiger partial charge in [-0.25, -0.2) is 19.6 Å². The van der Waals surface area contributed by atoms with Gasteiger partial charge in [0.25, 0.3) is 0 Å². The molecule has 12 heteroatoms. The zero-order valence-electron chi connectivity index (χ0n) is 30.2. The van der Waals surface area contributed by atoms with E-state index in [0.717, 1.165) is 5.56 Å². The molecule has 2 heterocycles. The molecule has 4 unspecified atom stereocenters. The number of rotatable bonds is 8. The average molecular weight is 685 g/mol. The molecule has 7 N–H and O–H groups in total. The van der Waals surface area contributed by atoms with Crippen LogP contribution in [0.5, 0.6) is 11.5 Å². The summed E-state index contributed by atoms with van der Waals surface area (Å²) in [6.07, 6.45) is -0.637. The van der Waals surface area contributed by atoms with Crippen LogP contribution in [0.1, 0.15) is 79.0 Å². The highest BCUT2D eigenvalue weighted by Crippen LogP contribution is 2.39. The fraction of sp³-hybridized carbons (Fsp3) is 0.421. The minimum atomic E-state index is -1.60. The maximum atomic E-state index is 13.9. The van der Waals surface area contributed by atoms with Gasteiger partial charge in [0.05, 0.1) is 0 Å². The monoisotopic (exact) mass is 684 g/mol. The molecule has 0 saturated heterocycles. The Morgan fingerprint density at radius 1 is 0.720 bits per heavy atom. The highest BCUT2D eigenvalue weighted by atomic mass is 16.6. The van der Waals surface area contributed by atoms with E-state index < -0.39 is 34.2 Å². The number of nitrogens with two attached hydrogens (primary N) is 3. The number of benzene rings is 3. The molecule has 5 rings (SSSR count). The zero-order valence-corrected chi connectivity index (χ0v) is 30.2. The van der Waals surface area contributed by atoms with E-state index in [1.807, 2.05) is 65.0 Å². The second-order valence-electron chi connectivity index (χ2n) is 15.1. The topological polar surface area (TPSA) is 186 Å². The van der Waals surface area contributed by atoms with Gasteiger partial charge in [-0.1, -0.05) is 30.3 Å². The quantitative estimate of drug-likeness (QED) is 0.217. The van der Waals surface area contributed by atoms with E-state index in [4.69, 9.17) is 36.1 Å². The molecule has 0 aliphatic carbocycles. The van der Waals surface area contributed by atoms with Crippen LogP contribution in [0, 0.1) is 0 Å². The number of hydrogen-bond acceptors (Lipinski definition) is 12. The molecule has 0 amide bonds. The lowest BCUT2D eigenvalue weighted by atomic mass is 9.83. The predicted molar refractivity (Wildman–Crippen MR) is 194 cm³/mol. The molecule has 0 aromatic heterocycles. The van der Waals surface area contributed by atoms with Gasteiger partial charge in [-0.2, -0.15) is 0 Å². The van der Waals surface area contributed by atoms with Gasteiger partial charge in [-0.05, 0) is 109 Å². The lowest BCUT2D eigenvalue weighted by Gasteiger charge is -2.34. The summed E-state index contributed by atoms with van der Waals surface area (Å²) in [4.78, 5) is 36.7. The maximum absolute atomic E-state index is 13.9. The molecule has 3 aromatic rings. The second kappa shape index (κ2) is 13.0. The Bertz CT molecular complexity index is 1860. The molecule has 0 radical (unpaired) electrons. The number of anilines is 1. The Morgan fingerprint density at radius 2 is 1.20 bits per heavy atom. The Labute approximate surface area is 293 Å². The van der Waals surface area contributed by atoms with Crippen LogP contribution in [0.15, 0.2) is 70.6 Å². The van der Waals surface area contributed by atoms with Crippen molar-refractivity contribution in [2.75, 3.05) is 5.32 Å². The van der Waals surface area contributed by atoms with E-state index in [1.165, 1.54) is 0 Å². The Hall–Kier alpha value is -5.10. The summed E-state index contributed by atoms with van der Waals surface area (Å²) in [7, 11) is 0. The van der Waals surface area contributed by atoms with Gasteiger partial charge in [0.15, 0.2) is 17.7 Å². The maximum Gasteiger partial charge on any atom is 0.336 e. The van der Waals surface area contributed by atoms with Crippen molar-refractivity contribution in [1.82, 2.24) is 0 Å². The number of carbonyl (C=O) groups is 2. The predicted octanol–water partition coefficient (Wildman–Crippen LogP) is 5.63. The van der Waals surface area contributed by atoms with E-state index in [9.17, 15) is 9.59 Å². The Kier molecular flexibility index (Phi) is 9.39. The van der Waals surface area contributed by atoms with Crippen molar-refractivity contribution in [1.29, 1.82) is 0 Å². The van der Waals surface area contributed by atoms with Crippen molar-refractivity contribution >= 4 is 40.7 Å².